The molecule has 106 valence electrons. The Morgan fingerprint density at radius 1 is 1.39 bits per heavy atom. The van der Waals surface area contributed by atoms with E-state index in [0.717, 1.165) is 25.3 Å². The van der Waals surface area contributed by atoms with Gasteiger partial charge in [-0.2, -0.15) is 0 Å². The quantitative estimate of drug-likeness (QED) is 0.722. The lowest BCUT2D eigenvalue weighted by molar-refractivity contribution is -0.130. The fraction of sp³-hybridized carbons (Fsp3) is 1.00. The molecule has 0 radical (unpaired) electrons. The Morgan fingerprint density at radius 3 is 2.72 bits per heavy atom. The molecule has 2 fully saturated rings. The Morgan fingerprint density at radius 2 is 2.11 bits per heavy atom. The van der Waals surface area contributed by atoms with Crippen LogP contribution in [0.5, 0.6) is 0 Å². The van der Waals surface area contributed by atoms with Crippen molar-refractivity contribution in [3.63, 3.8) is 0 Å². The van der Waals surface area contributed by atoms with Crippen molar-refractivity contribution in [3.8, 4) is 0 Å². The zero-order chi connectivity index (χ0) is 13.0. The van der Waals surface area contributed by atoms with Gasteiger partial charge in [-0.15, -0.1) is 0 Å². The highest BCUT2D eigenvalue weighted by Crippen LogP contribution is 2.54. The average Bonchev–Trinajstić information content (AvgIpc) is 2.83. The third-order valence-corrected chi connectivity index (χ3v) is 5.55. The van der Waals surface area contributed by atoms with Gasteiger partial charge in [-0.25, -0.2) is 0 Å². The van der Waals surface area contributed by atoms with Crippen molar-refractivity contribution in [2.75, 3.05) is 25.2 Å². The number of rotatable bonds is 7. The van der Waals surface area contributed by atoms with E-state index in [1.54, 1.807) is 6.26 Å². The Balaban J connectivity index is 1.77. The number of ether oxygens (including phenoxy) is 1. The highest BCUT2D eigenvalue weighted by atomic mass is 32.2. The van der Waals surface area contributed by atoms with E-state index < -0.39 is 10.8 Å². The monoisotopic (exact) mass is 273 g/mol. The van der Waals surface area contributed by atoms with Crippen LogP contribution in [-0.4, -0.2) is 41.5 Å². The van der Waals surface area contributed by atoms with Crippen LogP contribution in [0.15, 0.2) is 0 Å². The first kappa shape index (κ1) is 14.5. The van der Waals surface area contributed by atoms with Gasteiger partial charge in [0.1, 0.15) is 0 Å². The molecule has 0 bridgehead atoms. The van der Waals surface area contributed by atoms with Crippen LogP contribution in [0.2, 0.25) is 0 Å². The molecule has 2 rings (SSSR count). The molecule has 1 N–H and O–H groups in total. The molecule has 2 aliphatic rings. The standard InChI is InChI=1S/C14H27NO2S/c1-3-17-13-11-12(14(13)7-4-5-8-14)15-9-6-10-18(2)16/h12-13,15H,3-11H2,1-2H3. The lowest BCUT2D eigenvalue weighted by Gasteiger charge is -2.54. The summed E-state index contributed by atoms with van der Waals surface area (Å²) in [6, 6.07) is 0.641. The van der Waals surface area contributed by atoms with Crippen LogP contribution in [0, 0.1) is 5.41 Å². The van der Waals surface area contributed by atoms with E-state index >= 15 is 0 Å². The van der Waals surface area contributed by atoms with Gasteiger partial charge in [0.05, 0.1) is 6.10 Å². The van der Waals surface area contributed by atoms with Gasteiger partial charge in [0.25, 0.3) is 0 Å². The first-order chi connectivity index (χ1) is 8.69. The van der Waals surface area contributed by atoms with Gasteiger partial charge in [0, 0.05) is 40.9 Å². The normalized spacial score (nSPS) is 31.4. The second-order valence-corrected chi connectivity index (χ2v) is 7.31. The van der Waals surface area contributed by atoms with Crippen molar-refractivity contribution in [3.05, 3.63) is 0 Å². The van der Waals surface area contributed by atoms with E-state index in [0.29, 0.717) is 17.6 Å². The molecule has 3 nitrogen and oxygen atoms in total. The summed E-state index contributed by atoms with van der Waals surface area (Å²) < 4.78 is 16.9. The van der Waals surface area contributed by atoms with Gasteiger partial charge < -0.3 is 10.1 Å². The fourth-order valence-electron chi connectivity index (χ4n) is 3.72. The summed E-state index contributed by atoms with van der Waals surface area (Å²) in [5, 5.41) is 3.68. The predicted molar refractivity (Wildman–Crippen MR) is 76.3 cm³/mol. The maximum absolute atomic E-state index is 11.0. The van der Waals surface area contributed by atoms with Gasteiger partial charge in [0.2, 0.25) is 0 Å². The first-order valence-corrected chi connectivity index (χ1v) is 9.07. The van der Waals surface area contributed by atoms with Crippen LogP contribution in [0.4, 0.5) is 0 Å². The molecule has 0 aromatic heterocycles. The molecule has 0 aromatic rings. The van der Waals surface area contributed by atoms with Crippen molar-refractivity contribution in [2.45, 2.75) is 57.6 Å². The predicted octanol–water partition coefficient (Wildman–Crippen LogP) is 2.08. The Bertz CT molecular complexity index is 290. The number of hydrogen-bond donors (Lipinski definition) is 1. The molecule has 18 heavy (non-hydrogen) atoms. The molecule has 2 aliphatic carbocycles. The summed E-state index contributed by atoms with van der Waals surface area (Å²) in [5.41, 5.74) is 0.432. The number of nitrogens with one attached hydrogen (secondary N) is 1. The van der Waals surface area contributed by atoms with E-state index in [1.165, 1.54) is 32.1 Å². The molecule has 0 aliphatic heterocycles. The van der Waals surface area contributed by atoms with Gasteiger partial charge in [-0.3, -0.25) is 4.21 Å². The van der Waals surface area contributed by atoms with E-state index in [4.69, 9.17) is 4.74 Å². The summed E-state index contributed by atoms with van der Waals surface area (Å²) in [6.07, 6.45) is 9.85. The van der Waals surface area contributed by atoms with Crippen molar-refractivity contribution in [2.24, 2.45) is 5.41 Å². The minimum atomic E-state index is -0.649. The summed E-state index contributed by atoms with van der Waals surface area (Å²) in [4.78, 5) is 0. The third-order valence-electron chi connectivity index (χ3n) is 4.69. The zero-order valence-electron chi connectivity index (χ0n) is 11.7. The van der Waals surface area contributed by atoms with Crippen LogP contribution >= 0.6 is 0 Å². The van der Waals surface area contributed by atoms with Crippen molar-refractivity contribution >= 4 is 10.8 Å². The SMILES string of the molecule is CCOC1CC(NCCCS(C)=O)C12CCCC2. The Labute approximate surface area is 114 Å². The van der Waals surface area contributed by atoms with E-state index in [1.807, 2.05) is 0 Å². The highest BCUT2D eigenvalue weighted by Gasteiger charge is 2.56. The van der Waals surface area contributed by atoms with Crippen LogP contribution in [-0.2, 0) is 15.5 Å². The second kappa shape index (κ2) is 6.49. The Kier molecular flexibility index (Phi) is 5.22. The van der Waals surface area contributed by atoms with Crippen LogP contribution in [0.25, 0.3) is 0 Å². The Hall–Kier alpha value is 0.0700. The summed E-state index contributed by atoms with van der Waals surface area (Å²) in [6.45, 7) is 3.94. The summed E-state index contributed by atoms with van der Waals surface area (Å²) >= 11 is 0. The lowest BCUT2D eigenvalue weighted by atomic mass is 9.60. The van der Waals surface area contributed by atoms with Crippen LogP contribution < -0.4 is 5.32 Å². The summed E-state index contributed by atoms with van der Waals surface area (Å²) in [5.74, 6) is 0.821. The molecule has 0 saturated heterocycles. The largest absolute Gasteiger partial charge is 0.378 e. The fourth-order valence-corrected chi connectivity index (χ4v) is 4.28. The molecule has 0 heterocycles. The maximum Gasteiger partial charge on any atom is 0.0661 e. The topological polar surface area (TPSA) is 38.3 Å². The first-order valence-electron chi connectivity index (χ1n) is 7.34. The molecule has 4 heteroatoms. The molecule has 0 amide bonds. The van der Waals surface area contributed by atoms with Gasteiger partial charge in [-0.1, -0.05) is 12.8 Å². The third kappa shape index (κ3) is 2.97. The minimum Gasteiger partial charge on any atom is -0.378 e. The summed E-state index contributed by atoms with van der Waals surface area (Å²) in [7, 11) is -0.649. The molecular weight excluding hydrogens is 246 g/mol. The zero-order valence-corrected chi connectivity index (χ0v) is 12.6. The smallest absolute Gasteiger partial charge is 0.0661 e. The molecule has 1 spiro atoms. The molecule has 2 saturated carbocycles. The molecule has 3 unspecified atom stereocenters. The van der Waals surface area contributed by atoms with Gasteiger partial charge >= 0.3 is 0 Å². The van der Waals surface area contributed by atoms with E-state index in [-0.39, 0.29) is 0 Å². The van der Waals surface area contributed by atoms with Gasteiger partial charge in [0.15, 0.2) is 0 Å². The lowest BCUT2D eigenvalue weighted by Crippen LogP contribution is -2.62. The van der Waals surface area contributed by atoms with Gasteiger partial charge in [-0.05, 0) is 39.2 Å². The molecular formula is C14H27NO2S. The number of hydrogen-bond acceptors (Lipinski definition) is 3. The van der Waals surface area contributed by atoms with Crippen molar-refractivity contribution in [1.82, 2.24) is 5.32 Å². The molecule has 0 aromatic carbocycles. The van der Waals surface area contributed by atoms with E-state index in [9.17, 15) is 4.21 Å². The molecule has 3 atom stereocenters. The van der Waals surface area contributed by atoms with Crippen LogP contribution in [0.3, 0.4) is 0 Å². The second-order valence-electron chi connectivity index (χ2n) is 5.76. The highest BCUT2D eigenvalue weighted by molar-refractivity contribution is 7.84. The minimum absolute atomic E-state index is 0.432. The maximum atomic E-state index is 11.0. The van der Waals surface area contributed by atoms with E-state index in [2.05, 4.69) is 12.2 Å². The van der Waals surface area contributed by atoms with Crippen molar-refractivity contribution in [1.29, 1.82) is 0 Å². The average molecular weight is 273 g/mol. The van der Waals surface area contributed by atoms with Crippen molar-refractivity contribution < 1.29 is 8.95 Å². The van der Waals surface area contributed by atoms with Crippen LogP contribution in [0.1, 0.15) is 45.4 Å².